The summed E-state index contributed by atoms with van der Waals surface area (Å²) >= 11 is 0. The quantitative estimate of drug-likeness (QED) is 0.557. The smallest absolute Gasteiger partial charge is 0.254 e. The van der Waals surface area contributed by atoms with Gasteiger partial charge < -0.3 is 24.9 Å². The van der Waals surface area contributed by atoms with Crippen molar-refractivity contribution in [3.8, 4) is 11.1 Å². The standard InChI is InChI=1S/C28H30FN7O2/c29-22-5-6-25(24(15-22)21-16-31-28(32-17-21)35-9-7-30-8-10-35)33-11-13-34(14-12-33)26(37)19-36-18-20-3-1-2-4-23(20)27(36)38/h1-6,15-17,30H,7-14,18-19H2. The molecule has 3 aromatic rings. The van der Waals surface area contributed by atoms with E-state index in [1.807, 2.05) is 24.3 Å². The number of rotatable bonds is 5. The first-order valence-corrected chi connectivity index (χ1v) is 13.0. The molecule has 0 aliphatic carbocycles. The fourth-order valence-corrected chi connectivity index (χ4v) is 5.41. The van der Waals surface area contributed by atoms with Crippen LogP contribution in [0.25, 0.3) is 11.1 Å². The SMILES string of the molecule is O=C(CN1Cc2ccccc2C1=O)N1CCN(c2ccc(F)cc2-c2cnc(N3CCNCC3)nc2)CC1. The first kappa shape index (κ1) is 24.3. The molecule has 1 N–H and O–H groups in total. The van der Waals surface area contributed by atoms with Gasteiger partial charge in [0.05, 0.1) is 0 Å². The number of nitrogens with one attached hydrogen (secondary N) is 1. The number of hydrogen-bond donors (Lipinski definition) is 1. The minimum Gasteiger partial charge on any atom is -0.367 e. The largest absolute Gasteiger partial charge is 0.367 e. The van der Waals surface area contributed by atoms with Crippen LogP contribution >= 0.6 is 0 Å². The van der Waals surface area contributed by atoms with Crippen molar-refractivity contribution in [1.82, 2.24) is 25.1 Å². The maximum atomic E-state index is 14.3. The molecule has 9 nitrogen and oxygen atoms in total. The fraction of sp³-hybridized carbons (Fsp3) is 0.357. The number of carbonyl (C=O) groups excluding carboxylic acids is 2. The highest BCUT2D eigenvalue weighted by atomic mass is 19.1. The summed E-state index contributed by atoms with van der Waals surface area (Å²) in [4.78, 5) is 42.5. The van der Waals surface area contributed by atoms with E-state index in [1.165, 1.54) is 12.1 Å². The van der Waals surface area contributed by atoms with Gasteiger partial charge in [0.2, 0.25) is 11.9 Å². The second-order valence-electron chi connectivity index (χ2n) is 9.86. The van der Waals surface area contributed by atoms with Crippen LogP contribution in [0.1, 0.15) is 15.9 Å². The maximum Gasteiger partial charge on any atom is 0.254 e. The van der Waals surface area contributed by atoms with Crippen molar-refractivity contribution in [2.24, 2.45) is 0 Å². The Morgan fingerprint density at radius 1 is 0.895 bits per heavy atom. The molecule has 0 radical (unpaired) electrons. The van der Waals surface area contributed by atoms with E-state index in [0.29, 0.717) is 44.2 Å². The summed E-state index contributed by atoms with van der Waals surface area (Å²) in [6, 6.07) is 12.3. The highest BCUT2D eigenvalue weighted by Crippen LogP contribution is 2.32. The lowest BCUT2D eigenvalue weighted by molar-refractivity contribution is -0.132. The van der Waals surface area contributed by atoms with E-state index < -0.39 is 0 Å². The number of nitrogens with zero attached hydrogens (tertiary/aromatic N) is 6. The van der Waals surface area contributed by atoms with E-state index in [4.69, 9.17) is 0 Å². The van der Waals surface area contributed by atoms with Gasteiger partial charge >= 0.3 is 0 Å². The molecule has 4 heterocycles. The van der Waals surface area contributed by atoms with E-state index in [2.05, 4.69) is 25.1 Å². The summed E-state index contributed by atoms with van der Waals surface area (Å²) in [7, 11) is 0. The van der Waals surface area contributed by atoms with Crippen molar-refractivity contribution in [3.05, 3.63) is 71.8 Å². The summed E-state index contributed by atoms with van der Waals surface area (Å²) in [5.41, 5.74) is 4.02. The molecular weight excluding hydrogens is 485 g/mol. The van der Waals surface area contributed by atoms with Crippen LogP contribution in [0.15, 0.2) is 54.9 Å². The third kappa shape index (κ3) is 4.79. The van der Waals surface area contributed by atoms with Gasteiger partial charge in [0.15, 0.2) is 0 Å². The predicted molar refractivity (Wildman–Crippen MR) is 142 cm³/mol. The molecule has 38 heavy (non-hydrogen) atoms. The number of aromatic nitrogens is 2. The maximum absolute atomic E-state index is 14.3. The fourth-order valence-electron chi connectivity index (χ4n) is 5.41. The number of fused-ring (bicyclic) bond motifs is 1. The summed E-state index contributed by atoms with van der Waals surface area (Å²) in [5, 5.41) is 3.32. The van der Waals surface area contributed by atoms with Gasteiger partial charge in [-0.25, -0.2) is 14.4 Å². The lowest BCUT2D eigenvalue weighted by Crippen LogP contribution is -2.51. The Balaban J connectivity index is 1.11. The lowest BCUT2D eigenvalue weighted by atomic mass is 10.0. The number of halogens is 1. The van der Waals surface area contributed by atoms with Gasteiger partial charge in [-0.2, -0.15) is 0 Å². The van der Waals surface area contributed by atoms with E-state index in [9.17, 15) is 14.0 Å². The zero-order valence-corrected chi connectivity index (χ0v) is 21.1. The molecule has 0 saturated carbocycles. The monoisotopic (exact) mass is 515 g/mol. The van der Waals surface area contributed by atoms with E-state index in [-0.39, 0.29) is 24.2 Å². The highest BCUT2D eigenvalue weighted by molar-refractivity contribution is 6.00. The average molecular weight is 516 g/mol. The molecule has 2 saturated heterocycles. The van der Waals surface area contributed by atoms with Crippen LogP contribution in [0, 0.1) is 5.82 Å². The van der Waals surface area contributed by atoms with Gasteiger partial charge in [-0.1, -0.05) is 18.2 Å². The van der Waals surface area contributed by atoms with Crippen molar-refractivity contribution in [1.29, 1.82) is 0 Å². The molecule has 1 aromatic heterocycles. The van der Waals surface area contributed by atoms with E-state index in [1.54, 1.807) is 28.3 Å². The van der Waals surface area contributed by atoms with Crippen molar-refractivity contribution in [2.45, 2.75) is 6.54 Å². The second kappa shape index (κ2) is 10.4. The predicted octanol–water partition coefficient (Wildman–Crippen LogP) is 2.00. The number of benzene rings is 2. The summed E-state index contributed by atoms with van der Waals surface area (Å²) in [6.45, 7) is 6.33. The minimum atomic E-state index is -0.319. The molecule has 0 spiro atoms. The van der Waals surface area contributed by atoms with Crippen LogP contribution in [0.5, 0.6) is 0 Å². The molecule has 2 amide bonds. The van der Waals surface area contributed by atoms with Crippen LogP contribution in [0.4, 0.5) is 16.0 Å². The van der Waals surface area contributed by atoms with Crippen LogP contribution < -0.4 is 15.1 Å². The van der Waals surface area contributed by atoms with Crippen LogP contribution in [-0.2, 0) is 11.3 Å². The normalized spacial score (nSPS) is 17.7. The molecule has 3 aliphatic heterocycles. The molecule has 0 unspecified atom stereocenters. The van der Waals surface area contributed by atoms with Crippen LogP contribution in [0.3, 0.4) is 0 Å². The number of anilines is 2. The Morgan fingerprint density at radius 2 is 1.63 bits per heavy atom. The Morgan fingerprint density at radius 3 is 2.37 bits per heavy atom. The number of hydrogen-bond acceptors (Lipinski definition) is 7. The third-order valence-electron chi connectivity index (χ3n) is 7.50. The lowest BCUT2D eigenvalue weighted by Gasteiger charge is -2.37. The summed E-state index contributed by atoms with van der Waals surface area (Å²) in [5.74, 6) is 0.218. The number of piperazine rings is 2. The zero-order chi connectivity index (χ0) is 26.1. The van der Waals surface area contributed by atoms with Crippen molar-refractivity contribution in [2.75, 3.05) is 68.7 Å². The first-order chi connectivity index (χ1) is 18.6. The van der Waals surface area contributed by atoms with Gasteiger partial charge in [-0.05, 0) is 29.8 Å². The Kier molecular flexibility index (Phi) is 6.63. The molecule has 196 valence electrons. The molecule has 0 bridgehead atoms. The molecule has 6 rings (SSSR count). The minimum absolute atomic E-state index is 0.0537. The highest BCUT2D eigenvalue weighted by Gasteiger charge is 2.31. The van der Waals surface area contributed by atoms with Gasteiger partial charge in [0.25, 0.3) is 5.91 Å². The molecule has 0 atom stereocenters. The van der Waals surface area contributed by atoms with E-state index in [0.717, 1.165) is 48.6 Å². The number of amides is 2. The molecule has 2 fully saturated rings. The van der Waals surface area contributed by atoms with Gasteiger partial charge in [0, 0.05) is 93.7 Å². The first-order valence-electron chi connectivity index (χ1n) is 13.0. The van der Waals surface area contributed by atoms with Gasteiger partial charge in [-0.3, -0.25) is 9.59 Å². The van der Waals surface area contributed by atoms with Crippen LogP contribution in [0.2, 0.25) is 0 Å². The second-order valence-corrected chi connectivity index (χ2v) is 9.86. The van der Waals surface area contributed by atoms with Crippen LogP contribution in [-0.4, -0.2) is 90.5 Å². The van der Waals surface area contributed by atoms with Crippen molar-refractivity contribution in [3.63, 3.8) is 0 Å². The van der Waals surface area contributed by atoms with Gasteiger partial charge in [0.1, 0.15) is 12.4 Å². The van der Waals surface area contributed by atoms with Gasteiger partial charge in [-0.15, -0.1) is 0 Å². The average Bonchev–Trinajstić information content (AvgIpc) is 3.28. The number of carbonyl (C=O) groups is 2. The summed E-state index contributed by atoms with van der Waals surface area (Å²) in [6.07, 6.45) is 3.51. The Labute approximate surface area is 220 Å². The topological polar surface area (TPSA) is 84.9 Å². The molecule has 2 aromatic carbocycles. The molecule has 3 aliphatic rings. The Hall–Kier alpha value is -4.05. The zero-order valence-electron chi connectivity index (χ0n) is 21.1. The summed E-state index contributed by atoms with van der Waals surface area (Å²) < 4.78 is 14.3. The molecular formula is C28H30FN7O2. The Bertz CT molecular complexity index is 1340. The third-order valence-corrected chi connectivity index (χ3v) is 7.50. The van der Waals surface area contributed by atoms with E-state index >= 15 is 0 Å². The van der Waals surface area contributed by atoms with Crippen molar-refractivity contribution >= 4 is 23.5 Å². The molecule has 10 heteroatoms. The van der Waals surface area contributed by atoms with Crippen molar-refractivity contribution < 1.29 is 14.0 Å².